The van der Waals surface area contributed by atoms with E-state index in [1.165, 1.54) is 25.1 Å². The number of anilines is 2. The van der Waals surface area contributed by atoms with Gasteiger partial charge in [-0.05, 0) is 75.2 Å². The topological polar surface area (TPSA) is 182 Å². The zero-order chi connectivity index (χ0) is 41.7. The molecule has 4 aliphatic rings. The number of amides is 5. The number of fused-ring (bicyclic) bond motifs is 2. The average molecular weight is 820 g/mol. The fourth-order valence-electron chi connectivity index (χ4n) is 8.66. The van der Waals surface area contributed by atoms with Crippen LogP contribution < -0.4 is 15.5 Å². The number of aromatic nitrogens is 5. The summed E-state index contributed by atoms with van der Waals surface area (Å²) < 4.78 is 32.0. The molecule has 2 atom stereocenters. The number of imidazole rings is 1. The highest BCUT2D eigenvalue weighted by atomic mass is 19.3. The van der Waals surface area contributed by atoms with Crippen LogP contribution in [-0.4, -0.2) is 126 Å². The predicted octanol–water partition coefficient (Wildman–Crippen LogP) is 3.92. The molecule has 60 heavy (non-hydrogen) atoms. The maximum atomic E-state index is 15.4. The molecule has 9 rings (SSSR count). The van der Waals surface area contributed by atoms with E-state index in [-0.39, 0.29) is 43.0 Å². The van der Waals surface area contributed by atoms with Crippen LogP contribution in [0.2, 0.25) is 0 Å². The van der Waals surface area contributed by atoms with Crippen LogP contribution in [0.25, 0.3) is 22.3 Å². The summed E-state index contributed by atoms with van der Waals surface area (Å²) in [5, 5.41) is 13.2. The Balaban J connectivity index is 0.775. The van der Waals surface area contributed by atoms with Crippen LogP contribution in [0, 0.1) is 0 Å². The number of carbonyl (C=O) groups excluding carboxylic acids is 5. The second-order valence-corrected chi connectivity index (χ2v) is 16.0. The number of hydrogen-bond acceptors (Lipinski definition) is 11. The maximum absolute atomic E-state index is 15.4. The summed E-state index contributed by atoms with van der Waals surface area (Å²) in [6, 6.07) is 16.6. The van der Waals surface area contributed by atoms with Gasteiger partial charge in [0.05, 0.1) is 47.1 Å². The van der Waals surface area contributed by atoms with Crippen molar-refractivity contribution in [1.29, 1.82) is 0 Å². The molecule has 5 aromatic rings. The van der Waals surface area contributed by atoms with Crippen molar-refractivity contribution in [2.45, 2.75) is 63.7 Å². The minimum Gasteiger partial charge on any atom is -0.368 e. The maximum Gasteiger partial charge on any atom is 0.279 e. The Labute approximate surface area is 342 Å². The second kappa shape index (κ2) is 15.6. The molecule has 0 bridgehead atoms. The van der Waals surface area contributed by atoms with Crippen molar-refractivity contribution in [3.63, 3.8) is 0 Å². The Morgan fingerprint density at radius 1 is 0.933 bits per heavy atom. The lowest BCUT2D eigenvalue weighted by atomic mass is 10.0. The molecule has 0 spiro atoms. The Bertz CT molecular complexity index is 2510. The number of nitrogens with zero attached hydrogens (tertiary/aromatic N) is 8. The molecule has 4 aliphatic heterocycles. The Kier molecular flexibility index (Phi) is 10.2. The third-order valence-corrected chi connectivity index (χ3v) is 11.8. The van der Waals surface area contributed by atoms with Crippen molar-refractivity contribution in [2.75, 3.05) is 49.5 Å². The van der Waals surface area contributed by atoms with E-state index in [9.17, 15) is 24.0 Å². The fourth-order valence-corrected chi connectivity index (χ4v) is 8.66. The lowest BCUT2D eigenvalue weighted by Crippen LogP contribution is -2.54. The molecular weight excluding hydrogens is 777 g/mol. The summed E-state index contributed by atoms with van der Waals surface area (Å²) in [6.07, 6.45) is 3.90. The molecule has 0 saturated carbocycles. The molecule has 18 heteroatoms. The largest absolute Gasteiger partial charge is 0.368 e. The number of piperidine rings is 1. The van der Waals surface area contributed by atoms with Gasteiger partial charge in [0.1, 0.15) is 24.1 Å². The highest BCUT2D eigenvalue weighted by Gasteiger charge is 2.46. The number of alkyl halides is 2. The van der Waals surface area contributed by atoms with Gasteiger partial charge in [0.2, 0.25) is 11.8 Å². The predicted molar refractivity (Wildman–Crippen MR) is 215 cm³/mol. The first kappa shape index (κ1) is 39.1. The molecule has 2 aromatic heterocycles. The van der Waals surface area contributed by atoms with Gasteiger partial charge in [0, 0.05) is 55.5 Å². The quantitative estimate of drug-likeness (QED) is 0.165. The van der Waals surface area contributed by atoms with Gasteiger partial charge < -0.3 is 15.2 Å². The minimum absolute atomic E-state index is 0.0167. The first-order valence-corrected chi connectivity index (χ1v) is 20.1. The standard InChI is InChI=1S/C42H43F2N11O5/c1-25-4-3-15-53(25)22-35-46-30-12-11-28(20-31(30)47-35)45-38(57)27-9-7-26(8-10-27)32-21-54(50-49-32)24-42(43,44)23-51-16-18-52(19-17-51)33-6-2-5-29-37(33)41(60)55(40(29)59)34-13-14-36(56)48-39(34)58/h2,5-12,20-21,25,34H,3-4,13-19,22-24H2,1H3,(H,45,57)(H,46,47)(H,48,56,58)/t25-,34?/m0/s1. The average Bonchev–Trinajstić information content (AvgIpc) is 4.02. The van der Waals surface area contributed by atoms with E-state index >= 15 is 8.78 Å². The number of benzene rings is 3. The van der Waals surface area contributed by atoms with Gasteiger partial charge >= 0.3 is 0 Å². The molecule has 3 N–H and O–H groups in total. The highest BCUT2D eigenvalue weighted by Crippen LogP contribution is 2.35. The number of imide groups is 2. The molecule has 0 radical (unpaired) electrons. The number of nitrogens with one attached hydrogen (secondary N) is 3. The molecule has 3 saturated heterocycles. The first-order valence-electron chi connectivity index (χ1n) is 20.1. The van der Waals surface area contributed by atoms with Crippen LogP contribution in [-0.2, 0) is 22.7 Å². The zero-order valence-electron chi connectivity index (χ0n) is 32.9. The van der Waals surface area contributed by atoms with E-state index in [0.717, 1.165) is 39.5 Å². The normalized spacial score (nSPS) is 20.3. The molecular formula is C42H43F2N11O5. The smallest absolute Gasteiger partial charge is 0.279 e. The van der Waals surface area contributed by atoms with Crippen LogP contribution in [0.1, 0.15) is 69.5 Å². The molecule has 16 nitrogen and oxygen atoms in total. The first-order chi connectivity index (χ1) is 28.9. The van der Waals surface area contributed by atoms with Crippen LogP contribution in [0.15, 0.2) is 66.9 Å². The number of rotatable bonds is 11. The summed E-state index contributed by atoms with van der Waals surface area (Å²) in [6.45, 7) is 4.03. The lowest BCUT2D eigenvalue weighted by Gasteiger charge is -2.38. The molecule has 3 aromatic carbocycles. The molecule has 5 amide bonds. The van der Waals surface area contributed by atoms with Gasteiger partial charge in [-0.15, -0.1) is 5.10 Å². The number of likely N-dealkylation sites (tertiary alicyclic amines) is 1. The lowest BCUT2D eigenvalue weighted by molar-refractivity contribution is -0.136. The molecule has 3 fully saturated rings. The van der Waals surface area contributed by atoms with Gasteiger partial charge in [-0.25, -0.2) is 18.4 Å². The zero-order valence-corrected chi connectivity index (χ0v) is 32.9. The Hall–Kier alpha value is -6.40. The monoisotopic (exact) mass is 819 g/mol. The van der Waals surface area contributed by atoms with Crippen LogP contribution in [0.3, 0.4) is 0 Å². The Morgan fingerprint density at radius 2 is 1.73 bits per heavy atom. The number of carbonyl (C=O) groups is 5. The summed E-state index contributed by atoms with van der Waals surface area (Å²) in [7, 11) is 0. The SMILES string of the molecule is C[C@H]1CCCN1Cc1nc2ccc(NC(=O)c3ccc(-c4cn(CC(F)(F)CN5CCN(c6cccc7c6C(=O)N(C6CCC(=O)NC6=O)C7=O)CC5)nn4)cc3)cc2[nH]1. The molecule has 0 aliphatic carbocycles. The minimum atomic E-state index is -3.15. The molecule has 6 heterocycles. The van der Waals surface area contributed by atoms with Crippen molar-refractivity contribution in [1.82, 2.24) is 45.0 Å². The van der Waals surface area contributed by atoms with E-state index in [1.54, 1.807) is 41.3 Å². The van der Waals surface area contributed by atoms with E-state index in [2.05, 4.69) is 37.8 Å². The van der Waals surface area contributed by atoms with Crippen LogP contribution in [0.5, 0.6) is 0 Å². The Morgan fingerprint density at radius 3 is 2.48 bits per heavy atom. The van der Waals surface area contributed by atoms with Crippen molar-refractivity contribution in [3.8, 4) is 11.3 Å². The number of aromatic amines is 1. The van der Waals surface area contributed by atoms with Gasteiger partial charge in [-0.1, -0.05) is 23.4 Å². The van der Waals surface area contributed by atoms with Crippen molar-refractivity contribution < 1.29 is 32.8 Å². The van der Waals surface area contributed by atoms with Crippen LogP contribution in [0.4, 0.5) is 20.2 Å². The summed E-state index contributed by atoms with van der Waals surface area (Å²) in [5.74, 6) is -4.91. The van der Waals surface area contributed by atoms with E-state index < -0.39 is 48.7 Å². The fraction of sp³-hybridized carbons (Fsp3) is 0.381. The van der Waals surface area contributed by atoms with Gasteiger partial charge in [-0.3, -0.25) is 44.0 Å². The summed E-state index contributed by atoms with van der Waals surface area (Å²) in [5.41, 5.74) is 4.55. The number of hydrogen-bond donors (Lipinski definition) is 3. The van der Waals surface area contributed by atoms with Gasteiger partial charge in [0.15, 0.2) is 0 Å². The van der Waals surface area contributed by atoms with Gasteiger partial charge in [-0.2, -0.15) is 0 Å². The number of piperazine rings is 1. The second-order valence-electron chi connectivity index (χ2n) is 16.0. The van der Waals surface area contributed by atoms with E-state index in [1.807, 2.05) is 23.1 Å². The van der Waals surface area contributed by atoms with E-state index in [0.29, 0.717) is 47.3 Å². The molecule has 1 unspecified atom stereocenters. The summed E-state index contributed by atoms with van der Waals surface area (Å²) in [4.78, 5) is 79.1. The molecule has 310 valence electrons. The highest BCUT2D eigenvalue weighted by molar-refractivity contribution is 6.25. The van der Waals surface area contributed by atoms with Crippen molar-refractivity contribution in [3.05, 3.63) is 89.4 Å². The van der Waals surface area contributed by atoms with E-state index in [4.69, 9.17) is 4.98 Å². The van der Waals surface area contributed by atoms with Gasteiger partial charge in [0.25, 0.3) is 23.6 Å². The summed E-state index contributed by atoms with van der Waals surface area (Å²) >= 11 is 0. The number of H-pyrrole nitrogens is 1. The van der Waals surface area contributed by atoms with Crippen molar-refractivity contribution >= 4 is 51.9 Å². The van der Waals surface area contributed by atoms with Crippen LogP contribution >= 0.6 is 0 Å². The third-order valence-electron chi connectivity index (χ3n) is 11.8. The number of halogens is 2. The van der Waals surface area contributed by atoms with Crippen molar-refractivity contribution in [2.24, 2.45) is 0 Å². The third kappa shape index (κ3) is 7.75.